The summed E-state index contributed by atoms with van der Waals surface area (Å²) in [5.74, 6) is -0.552. The van der Waals surface area contributed by atoms with Gasteiger partial charge < -0.3 is 10.6 Å². The molecule has 0 aliphatic rings. The van der Waals surface area contributed by atoms with Crippen molar-refractivity contribution in [1.29, 1.82) is 0 Å². The molecule has 8 nitrogen and oxygen atoms in total. The average Bonchev–Trinajstić information content (AvgIpc) is 2.95. The molecule has 0 spiro atoms. The van der Waals surface area contributed by atoms with E-state index in [-0.39, 0.29) is 18.4 Å². The molecule has 1 aromatic carbocycles. The van der Waals surface area contributed by atoms with Crippen molar-refractivity contribution in [3.63, 3.8) is 0 Å². The van der Waals surface area contributed by atoms with E-state index in [4.69, 9.17) is 0 Å². The predicted molar refractivity (Wildman–Crippen MR) is 116 cm³/mol. The molecule has 2 aromatic heterocycles. The number of hydrogen-bond donors (Lipinski definition) is 2. The largest absolute Gasteiger partial charge is 0.352 e. The second-order valence-corrected chi connectivity index (χ2v) is 7.42. The van der Waals surface area contributed by atoms with Crippen LogP contribution in [0.4, 0.5) is 5.69 Å². The Morgan fingerprint density at radius 1 is 1.17 bits per heavy atom. The van der Waals surface area contributed by atoms with Gasteiger partial charge in [-0.3, -0.25) is 18.8 Å². The lowest BCUT2D eigenvalue weighted by Gasteiger charge is -2.08. The number of aromatic nitrogens is 3. The smallest absolute Gasteiger partial charge is 0.291 e. The number of benzene rings is 1. The van der Waals surface area contributed by atoms with Crippen molar-refractivity contribution in [2.45, 2.75) is 47.1 Å². The molecule has 0 saturated carbocycles. The molecule has 0 saturated heterocycles. The van der Waals surface area contributed by atoms with Crippen LogP contribution in [-0.4, -0.2) is 32.5 Å². The minimum atomic E-state index is -0.412. The standard InChI is InChI=1S/C22H27N5O3/c1-5-6-10-23-21(29)19-15(3)20-22(30)27(24-13-26(20)16(19)4)12-18(28)25-17-9-7-8-14(2)11-17/h7-9,11,13H,5-6,10,12H2,1-4H3,(H,23,29)(H,25,28). The van der Waals surface area contributed by atoms with Crippen LogP contribution in [0.25, 0.3) is 5.52 Å². The first kappa shape index (κ1) is 21.3. The van der Waals surface area contributed by atoms with Crippen molar-refractivity contribution in [1.82, 2.24) is 19.5 Å². The SMILES string of the molecule is CCCCNC(=O)c1c(C)c2c(=O)n(CC(=O)Nc3cccc(C)c3)ncn2c1C. The van der Waals surface area contributed by atoms with Crippen LogP contribution in [0.3, 0.4) is 0 Å². The summed E-state index contributed by atoms with van der Waals surface area (Å²) < 4.78 is 2.73. The number of anilines is 1. The highest BCUT2D eigenvalue weighted by atomic mass is 16.2. The number of unbranched alkanes of at least 4 members (excludes halogenated alkanes) is 1. The zero-order valence-electron chi connectivity index (χ0n) is 17.8. The molecule has 0 aliphatic carbocycles. The minimum Gasteiger partial charge on any atom is -0.352 e. The van der Waals surface area contributed by atoms with Crippen molar-refractivity contribution in [3.05, 3.63) is 63.3 Å². The van der Waals surface area contributed by atoms with E-state index in [2.05, 4.69) is 22.7 Å². The maximum Gasteiger partial charge on any atom is 0.291 e. The van der Waals surface area contributed by atoms with Crippen LogP contribution < -0.4 is 16.2 Å². The lowest BCUT2D eigenvalue weighted by atomic mass is 10.1. The average molecular weight is 409 g/mol. The second-order valence-electron chi connectivity index (χ2n) is 7.42. The fourth-order valence-electron chi connectivity index (χ4n) is 3.53. The number of nitrogens with zero attached hydrogens (tertiary/aromatic N) is 3. The third-order valence-electron chi connectivity index (χ3n) is 5.08. The van der Waals surface area contributed by atoms with Gasteiger partial charge in [-0.1, -0.05) is 25.5 Å². The molecule has 30 heavy (non-hydrogen) atoms. The zero-order chi connectivity index (χ0) is 21.8. The summed E-state index contributed by atoms with van der Waals surface area (Å²) in [6.07, 6.45) is 3.35. The van der Waals surface area contributed by atoms with Gasteiger partial charge in [-0.2, -0.15) is 5.10 Å². The lowest BCUT2D eigenvalue weighted by Crippen LogP contribution is -2.30. The molecule has 158 valence electrons. The minimum absolute atomic E-state index is 0.203. The number of hydrogen-bond acceptors (Lipinski definition) is 4. The molecular formula is C22H27N5O3. The number of carbonyl (C=O) groups excluding carboxylic acids is 2. The van der Waals surface area contributed by atoms with Crippen LogP contribution in [0, 0.1) is 20.8 Å². The van der Waals surface area contributed by atoms with Crippen LogP contribution in [0.5, 0.6) is 0 Å². The Morgan fingerprint density at radius 3 is 2.63 bits per heavy atom. The van der Waals surface area contributed by atoms with Crippen molar-refractivity contribution in [2.75, 3.05) is 11.9 Å². The van der Waals surface area contributed by atoms with E-state index >= 15 is 0 Å². The number of nitrogens with one attached hydrogen (secondary N) is 2. The van der Waals surface area contributed by atoms with Crippen molar-refractivity contribution in [2.24, 2.45) is 0 Å². The maximum absolute atomic E-state index is 13.0. The Bertz CT molecular complexity index is 1160. The third-order valence-corrected chi connectivity index (χ3v) is 5.08. The first-order valence-electron chi connectivity index (χ1n) is 10.1. The van der Waals surface area contributed by atoms with Crippen molar-refractivity contribution >= 4 is 23.0 Å². The van der Waals surface area contributed by atoms with Crippen molar-refractivity contribution < 1.29 is 9.59 Å². The third kappa shape index (κ3) is 4.27. The zero-order valence-corrected chi connectivity index (χ0v) is 17.8. The summed E-state index contributed by atoms with van der Waals surface area (Å²) in [6.45, 7) is 7.88. The first-order chi connectivity index (χ1) is 14.3. The molecule has 0 radical (unpaired) electrons. The monoisotopic (exact) mass is 409 g/mol. The Balaban J connectivity index is 1.88. The van der Waals surface area contributed by atoms with Gasteiger partial charge in [-0.25, -0.2) is 4.68 Å². The van der Waals surface area contributed by atoms with Gasteiger partial charge in [0.05, 0.1) is 5.56 Å². The predicted octanol–water partition coefficient (Wildman–Crippen LogP) is 2.59. The van der Waals surface area contributed by atoms with E-state index < -0.39 is 5.56 Å². The van der Waals surface area contributed by atoms with Crippen LogP contribution in [0.2, 0.25) is 0 Å². The Morgan fingerprint density at radius 2 is 1.93 bits per heavy atom. The molecule has 2 amide bonds. The molecular weight excluding hydrogens is 382 g/mol. The van der Waals surface area contributed by atoms with Crippen LogP contribution >= 0.6 is 0 Å². The van der Waals surface area contributed by atoms with Gasteiger partial charge in [0.2, 0.25) is 5.91 Å². The Hall–Kier alpha value is -3.42. The quantitative estimate of drug-likeness (QED) is 0.586. The van der Waals surface area contributed by atoms with Gasteiger partial charge in [-0.15, -0.1) is 0 Å². The molecule has 0 bridgehead atoms. The molecule has 0 unspecified atom stereocenters. The molecule has 0 atom stereocenters. The first-order valence-corrected chi connectivity index (χ1v) is 10.1. The number of fused-ring (bicyclic) bond motifs is 1. The van der Waals surface area contributed by atoms with E-state index in [1.54, 1.807) is 24.3 Å². The normalized spacial score (nSPS) is 10.9. The summed E-state index contributed by atoms with van der Waals surface area (Å²) in [7, 11) is 0. The summed E-state index contributed by atoms with van der Waals surface area (Å²) in [5.41, 5.74) is 3.34. The van der Waals surface area contributed by atoms with Gasteiger partial charge in [-0.05, 0) is 50.5 Å². The van der Waals surface area contributed by atoms with Crippen LogP contribution in [0.1, 0.15) is 46.9 Å². The summed E-state index contributed by atoms with van der Waals surface area (Å²) in [4.78, 5) is 38.0. The second kappa shape index (κ2) is 8.94. The molecule has 3 rings (SSSR count). The summed E-state index contributed by atoms with van der Waals surface area (Å²) in [6, 6.07) is 7.42. The van der Waals surface area contributed by atoms with Crippen LogP contribution in [-0.2, 0) is 11.3 Å². The van der Waals surface area contributed by atoms with E-state index in [1.807, 2.05) is 25.1 Å². The molecule has 0 aliphatic heterocycles. The highest BCUT2D eigenvalue weighted by Gasteiger charge is 2.22. The topological polar surface area (TPSA) is 97.5 Å². The summed E-state index contributed by atoms with van der Waals surface area (Å²) >= 11 is 0. The Kier molecular flexibility index (Phi) is 6.34. The summed E-state index contributed by atoms with van der Waals surface area (Å²) in [5, 5.41) is 9.80. The molecule has 3 aromatic rings. The number of aryl methyl sites for hydroxylation is 3. The lowest BCUT2D eigenvalue weighted by molar-refractivity contribution is -0.117. The van der Waals surface area contributed by atoms with Crippen LogP contribution in [0.15, 0.2) is 35.4 Å². The van der Waals surface area contributed by atoms with E-state index in [0.717, 1.165) is 23.1 Å². The molecule has 2 N–H and O–H groups in total. The molecule has 8 heteroatoms. The van der Waals surface area contributed by atoms with E-state index in [0.29, 0.717) is 34.6 Å². The molecule has 2 heterocycles. The number of rotatable bonds is 7. The highest BCUT2D eigenvalue weighted by molar-refractivity contribution is 5.99. The fourth-order valence-corrected chi connectivity index (χ4v) is 3.53. The van der Waals surface area contributed by atoms with Gasteiger partial charge in [0, 0.05) is 17.9 Å². The number of amides is 2. The van der Waals surface area contributed by atoms with Gasteiger partial charge in [0.25, 0.3) is 11.5 Å². The number of carbonyl (C=O) groups is 2. The maximum atomic E-state index is 13.0. The fraction of sp³-hybridized carbons (Fsp3) is 0.364. The molecule has 0 fully saturated rings. The van der Waals surface area contributed by atoms with Gasteiger partial charge >= 0.3 is 0 Å². The van der Waals surface area contributed by atoms with E-state index in [1.165, 1.54) is 6.33 Å². The Labute approximate surface area is 174 Å². The highest BCUT2D eigenvalue weighted by Crippen LogP contribution is 2.19. The van der Waals surface area contributed by atoms with Gasteiger partial charge in [0.1, 0.15) is 18.4 Å². The van der Waals surface area contributed by atoms with Crippen molar-refractivity contribution in [3.8, 4) is 0 Å². The van der Waals surface area contributed by atoms with E-state index in [9.17, 15) is 14.4 Å². The van der Waals surface area contributed by atoms with Gasteiger partial charge in [0.15, 0.2) is 0 Å².